The summed E-state index contributed by atoms with van der Waals surface area (Å²) in [6.45, 7) is 5.84. The molecule has 2 rings (SSSR count). The average Bonchev–Trinajstić information content (AvgIpc) is 2.77. The van der Waals surface area contributed by atoms with Gasteiger partial charge in [0, 0.05) is 11.0 Å². The Kier molecular flexibility index (Phi) is 3.91. The number of halogens is 1. The summed E-state index contributed by atoms with van der Waals surface area (Å²) in [4.78, 5) is 0. The molecule has 5 heteroatoms. The summed E-state index contributed by atoms with van der Waals surface area (Å²) >= 11 is 3.55. The van der Waals surface area contributed by atoms with Gasteiger partial charge in [-0.1, -0.05) is 18.2 Å². The Morgan fingerprint density at radius 1 is 1.41 bits per heavy atom. The van der Waals surface area contributed by atoms with E-state index in [9.17, 15) is 0 Å². The second kappa shape index (κ2) is 5.42. The molecule has 0 spiro atoms. The zero-order valence-electron chi connectivity index (χ0n) is 9.94. The van der Waals surface area contributed by atoms with Gasteiger partial charge < -0.3 is 5.32 Å². The van der Waals surface area contributed by atoms with Crippen LogP contribution in [0.2, 0.25) is 0 Å². The summed E-state index contributed by atoms with van der Waals surface area (Å²) < 4.78 is 2.88. The predicted molar refractivity (Wildman–Crippen MR) is 71.2 cm³/mol. The molecule has 0 aliphatic heterocycles. The quantitative estimate of drug-likeness (QED) is 0.942. The lowest BCUT2D eigenvalue weighted by Gasteiger charge is -2.09. The zero-order chi connectivity index (χ0) is 12.3. The standard InChI is InChI=1S/C12H15BrN4/c1-3-14-7-10-8-15-16-17(10)12-6-9(2)4-5-11(12)13/h4-6,8,14H,3,7H2,1-2H3. The van der Waals surface area contributed by atoms with Crippen molar-refractivity contribution >= 4 is 15.9 Å². The Hall–Kier alpha value is -1.20. The maximum absolute atomic E-state index is 4.14. The third-order valence-electron chi connectivity index (χ3n) is 2.51. The summed E-state index contributed by atoms with van der Waals surface area (Å²) in [5, 5.41) is 11.4. The lowest BCUT2D eigenvalue weighted by molar-refractivity contribution is 0.671. The van der Waals surface area contributed by atoms with E-state index in [1.54, 1.807) is 6.20 Å². The Balaban J connectivity index is 2.38. The molecule has 4 nitrogen and oxygen atoms in total. The third kappa shape index (κ3) is 2.73. The van der Waals surface area contributed by atoms with E-state index in [2.05, 4.69) is 57.5 Å². The summed E-state index contributed by atoms with van der Waals surface area (Å²) in [5.74, 6) is 0. The summed E-state index contributed by atoms with van der Waals surface area (Å²) in [6.07, 6.45) is 1.79. The Morgan fingerprint density at radius 3 is 3.00 bits per heavy atom. The molecular formula is C12H15BrN4. The van der Waals surface area contributed by atoms with Crippen molar-refractivity contribution in [1.29, 1.82) is 0 Å². The molecule has 90 valence electrons. The van der Waals surface area contributed by atoms with Crippen molar-refractivity contribution in [2.24, 2.45) is 0 Å². The first-order valence-electron chi connectivity index (χ1n) is 5.59. The molecule has 0 aliphatic carbocycles. The lowest BCUT2D eigenvalue weighted by atomic mass is 10.2. The van der Waals surface area contributed by atoms with Crippen LogP contribution < -0.4 is 5.32 Å². The van der Waals surface area contributed by atoms with Crippen LogP contribution in [0.25, 0.3) is 5.69 Å². The minimum absolute atomic E-state index is 0.768. The topological polar surface area (TPSA) is 42.7 Å². The number of aryl methyl sites for hydroxylation is 1. The molecule has 1 aromatic carbocycles. The number of nitrogens with zero attached hydrogens (tertiary/aromatic N) is 3. The number of hydrogen-bond acceptors (Lipinski definition) is 3. The number of rotatable bonds is 4. The fraction of sp³-hybridized carbons (Fsp3) is 0.333. The minimum Gasteiger partial charge on any atom is -0.311 e. The van der Waals surface area contributed by atoms with Crippen molar-refractivity contribution < 1.29 is 0 Å². The van der Waals surface area contributed by atoms with Crippen LogP contribution in [0, 0.1) is 6.92 Å². The zero-order valence-corrected chi connectivity index (χ0v) is 11.5. The largest absolute Gasteiger partial charge is 0.311 e. The Morgan fingerprint density at radius 2 is 2.24 bits per heavy atom. The van der Waals surface area contributed by atoms with Crippen LogP contribution in [0.3, 0.4) is 0 Å². The summed E-state index contributed by atoms with van der Waals surface area (Å²) in [7, 11) is 0. The maximum atomic E-state index is 4.14. The molecule has 0 bridgehead atoms. The van der Waals surface area contributed by atoms with Crippen LogP contribution in [0.5, 0.6) is 0 Å². The summed E-state index contributed by atoms with van der Waals surface area (Å²) in [6, 6.07) is 6.19. The smallest absolute Gasteiger partial charge is 0.0811 e. The van der Waals surface area contributed by atoms with E-state index in [4.69, 9.17) is 0 Å². The van der Waals surface area contributed by atoms with Crippen molar-refractivity contribution in [3.8, 4) is 5.69 Å². The molecular weight excluding hydrogens is 280 g/mol. The number of aromatic nitrogens is 3. The highest BCUT2D eigenvalue weighted by molar-refractivity contribution is 9.10. The van der Waals surface area contributed by atoms with E-state index in [0.29, 0.717) is 0 Å². The molecule has 1 N–H and O–H groups in total. The van der Waals surface area contributed by atoms with E-state index >= 15 is 0 Å². The van der Waals surface area contributed by atoms with Crippen molar-refractivity contribution in [1.82, 2.24) is 20.3 Å². The molecule has 0 radical (unpaired) electrons. The van der Waals surface area contributed by atoms with Crippen LogP contribution in [-0.4, -0.2) is 21.5 Å². The number of benzene rings is 1. The Bertz CT molecular complexity index is 507. The fourth-order valence-corrected chi connectivity index (χ4v) is 2.03. The summed E-state index contributed by atoms with van der Waals surface area (Å²) in [5.41, 5.74) is 3.28. The number of hydrogen-bond donors (Lipinski definition) is 1. The van der Waals surface area contributed by atoms with Gasteiger partial charge in [-0.25, -0.2) is 4.68 Å². The van der Waals surface area contributed by atoms with Crippen LogP contribution in [0.1, 0.15) is 18.2 Å². The van der Waals surface area contributed by atoms with Gasteiger partial charge in [-0.2, -0.15) is 0 Å². The van der Waals surface area contributed by atoms with Gasteiger partial charge in [0.05, 0.1) is 17.6 Å². The van der Waals surface area contributed by atoms with Gasteiger partial charge in [0.25, 0.3) is 0 Å². The van der Waals surface area contributed by atoms with Gasteiger partial charge in [-0.05, 0) is 47.1 Å². The first kappa shape index (κ1) is 12.3. The molecule has 0 amide bonds. The van der Waals surface area contributed by atoms with E-state index in [1.807, 2.05) is 10.7 Å². The molecule has 0 atom stereocenters. The second-order valence-electron chi connectivity index (χ2n) is 3.87. The molecule has 0 unspecified atom stereocenters. The third-order valence-corrected chi connectivity index (χ3v) is 3.18. The van der Waals surface area contributed by atoms with Gasteiger partial charge in [0.1, 0.15) is 0 Å². The van der Waals surface area contributed by atoms with Crippen molar-refractivity contribution in [3.05, 3.63) is 40.1 Å². The first-order chi connectivity index (χ1) is 8.22. The average molecular weight is 295 g/mol. The second-order valence-corrected chi connectivity index (χ2v) is 4.73. The highest BCUT2D eigenvalue weighted by Gasteiger charge is 2.09. The lowest BCUT2D eigenvalue weighted by Crippen LogP contribution is -2.15. The molecule has 2 aromatic rings. The van der Waals surface area contributed by atoms with Crippen molar-refractivity contribution in [3.63, 3.8) is 0 Å². The van der Waals surface area contributed by atoms with Crippen LogP contribution in [0.15, 0.2) is 28.9 Å². The van der Waals surface area contributed by atoms with Crippen LogP contribution in [0.4, 0.5) is 0 Å². The normalized spacial score (nSPS) is 10.8. The predicted octanol–water partition coefficient (Wildman–Crippen LogP) is 2.45. The monoisotopic (exact) mass is 294 g/mol. The van der Waals surface area contributed by atoms with Gasteiger partial charge >= 0.3 is 0 Å². The molecule has 0 saturated heterocycles. The Labute approximate surface area is 109 Å². The highest BCUT2D eigenvalue weighted by Crippen LogP contribution is 2.22. The van der Waals surface area contributed by atoms with Crippen molar-refractivity contribution in [2.75, 3.05) is 6.54 Å². The van der Waals surface area contributed by atoms with E-state index in [1.165, 1.54) is 5.56 Å². The fourth-order valence-electron chi connectivity index (χ4n) is 1.62. The van der Waals surface area contributed by atoms with Gasteiger partial charge in [0.15, 0.2) is 0 Å². The SMILES string of the molecule is CCNCc1cnnn1-c1cc(C)ccc1Br. The molecule has 1 heterocycles. The highest BCUT2D eigenvalue weighted by atomic mass is 79.9. The van der Waals surface area contributed by atoms with E-state index < -0.39 is 0 Å². The van der Waals surface area contributed by atoms with Crippen LogP contribution in [-0.2, 0) is 6.54 Å². The molecule has 0 saturated carbocycles. The van der Waals surface area contributed by atoms with Gasteiger partial charge in [-0.3, -0.25) is 0 Å². The maximum Gasteiger partial charge on any atom is 0.0811 e. The van der Waals surface area contributed by atoms with Crippen LogP contribution >= 0.6 is 15.9 Å². The molecule has 17 heavy (non-hydrogen) atoms. The van der Waals surface area contributed by atoms with Crippen molar-refractivity contribution in [2.45, 2.75) is 20.4 Å². The van der Waals surface area contributed by atoms with E-state index in [-0.39, 0.29) is 0 Å². The molecule has 0 aliphatic rings. The molecule has 1 aromatic heterocycles. The minimum atomic E-state index is 0.768. The van der Waals surface area contributed by atoms with Gasteiger partial charge in [-0.15, -0.1) is 5.10 Å². The van der Waals surface area contributed by atoms with E-state index in [0.717, 1.165) is 28.9 Å². The van der Waals surface area contributed by atoms with Gasteiger partial charge in [0.2, 0.25) is 0 Å². The molecule has 0 fully saturated rings. The number of nitrogens with one attached hydrogen (secondary N) is 1. The first-order valence-corrected chi connectivity index (χ1v) is 6.38.